The Kier molecular flexibility index (Phi) is 3.10. The smallest absolute Gasteiger partial charge is 0.115 e. The van der Waals surface area contributed by atoms with E-state index >= 15 is 0 Å². The average Bonchev–Trinajstić information content (AvgIpc) is 2.99. The minimum absolute atomic E-state index is 0.630. The third kappa shape index (κ3) is 2.34. The molecule has 2 aliphatic carbocycles. The second kappa shape index (κ2) is 4.73. The maximum absolute atomic E-state index is 4.05. The molecular weight excluding hydrogens is 210 g/mol. The van der Waals surface area contributed by atoms with Gasteiger partial charge in [0.25, 0.3) is 0 Å². The van der Waals surface area contributed by atoms with E-state index in [1.54, 1.807) is 6.33 Å². The number of nitrogens with zero attached hydrogens (tertiary/aromatic N) is 2. The molecule has 17 heavy (non-hydrogen) atoms. The van der Waals surface area contributed by atoms with Gasteiger partial charge in [0.15, 0.2) is 0 Å². The highest BCUT2D eigenvalue weighted by Gasteiger charge is 2.41. The molecule has 2 fully saturated rings. The Morgan fingerprint density at radius 3 is 2.76 bits per heavy atom. The van der Waals surface area contributed by atoms with Crippen LogP contribution >= 0.6 is 0 Å². The van der Waals surface area contributed by atoms with Crippen LogP contribution in [0.2, 0.25) is 0 Å². The van der Waals surface area contributed by atoms with Gasteiger partial charge in [0.05, 0.1) is 0 Å². The van der Waals surface area contributed by atoms with Gasteiger partial charge in [-0.1, -0.05) is 6.42 Å². The Balaban J connectivity index is 1.52. The fourth-order valence-corrected chi connectivity index (χ4v) is 3.76. The van der Waals surface area contributed by atoms with Gasteiger partial charge < -0.3 is 5.32 Å². The lowest BCUT2D eigenvalue weighted by Gasteiger charge is -2.28. The first-order valence-electron chi connectivity index (χ1n) is 6.80. The van der Waals surface area contributed by atoms with E-state index in [1.165, 1.54) is 31.2 Å². The van der Waals surface area contributed by atoms with Crippen LogP contribution in [-0.2, 0) is 6.54 Å². The van der Waals surface area contributed by atoms with Crippen molar-refractivity contribution in [2.24, 2.45) is 17.8 Å². The highest BCUT2D eigenvalue weighted by atomic mass is 14.9. The topological polar surface area (TPSA) is 37.8 Å². The van der Waals surface area contributed by atoms with Crippen LogP contribution in [0, 0.1) is 17.8 Å². The summed E-state index contributed by atoms with van der Waals surface area (Å²) in [6.07, 6.45) is 11.3. The molecule has 4 unspecified atom stereocenters. The molecule has 0 radical (unpaired) electrons. The Morgan fingerprint density at radius 1 is 1.29 bits per heavy atom. The molecule has 0 spiro atoms. The van der Waals surface area contributed by atoms with E-state index in [0.717, 1.165) is 24.3 Å². The van der Waals surface area contributed by atoms with Crippen molar-refractivity contribution < 1.29 is 0 Å². The molecule has 2 saturated carbocycles. The van der Waals surface area contributed by atoms with Crippen LogP contribution in [-0.4, -0.2) is 16.0 Å². The fourth-order valence-electron chi connectivity index (χ4n) is 3.76. The van der Waals surface area contributed by atoms with Crippen LogP contribution in [0.5, 0.6) is 0 Å². The normalized spacial score (nSPS) is 32.9. The highest BCUT2D eigenvalue weighted by Crippen LogP contribution is 2.49. The number of hydrogen-bond acceptors (Lipinski definition) is 3. The lowest BCUT2D eigenvalue weighted by Crippen LogP contribution is -2.35. The van der Waals surface area contributed by atoms with Crippen LogP contribution in [0.15, 0.2) is 18.7 Å². The lowest BCUT2D eigenvalue weighted by molar-refractivity contribution is 0.259. The largest absolute Gasteiger partial charge is 0.310 e. The van der Waals surface area contributed by atoms with Gasteiger partial charge in [-0.05, 0) is 43.9 Å². The molecule has 2 aliphatic rings. The lowest BCUT2D eigenvalue weighted by atomic mass is 9.84. The zero-order valence-corrected chi connectivity index (χ0v) is 10.5. The molecule has 1 N–H and O–H groups in total. The van der Waals surface area contributed by atoms with E-state index in [1.807, 2.05) is 12.4 Å². The molecule has 2 bridgehead atoms. The predicted octanol–water partition coefficient (Wildman–Crippen LogP) is 2.39. The van der Waals surface area contributed by atoms with Gasteiger partial charge in [-0.15, -0.1) is 0 Å². The molecule has 1 aromatic rings. The SMILES string of the molecule is CC(NCc1cncnc1)C1CC2CCC1C2. The molecule has 92 valence electrons. The summed E-state index contributed by atoms with van der Waals surface area (Å²) in [7, 11) is 0. The molecule has 1 heterocycles. The molecule has 3 rings (SSSR count). The van der Waals surface area contributed by atoms with Crippen molar-refractivity contribution in [3.8, 4) is 0 Å². The summed E-state index contributed by atoms with van der Waals surface area (Å²) in [6.45, 7) is 3.24. The summed E-state index contributed by atoms with van der Waals surface area (Å²) in [6, 6.07) is 0.630. The number of aromatic nitrogens is 2. The maximum Gasteiger partial charge on any atom is 0.115 e. The van der Waals surface area contributed by atoms with Crippen molar-refractivity contribution in [2.75, 3.05) is 0 Å². The molecular formula is C14H21N3. The summed E-state index contributed by atoms with van der Waals surface area (Å²) in [5.41, 5.74) is 1.18. The molecule has 0 aliphatic heterocycles. The van der Waals surface area contributed by atoms with Crippen molar-refractivity contribution >= 4 is 0 Å². The van der Waals surface area contributed by atoms with Crippen molar-refractivity contribution in [1.82, 2.24) is 15.3 Å². The minimum atomic E-state index is 0.630. The van der Waals surface area contributed by atoms with Gasteiger partial charge in [0, 0.05) is 30.5 Å². The third-order valence-corrected chi connectivity index (χ3v) is 4.68. The number of fused-ring (bicyclic) bond motifs is 2. The van der Waals surface area contributed by atoms with Gasteiger partial charge in [-0.3, -0.25) is 0 Å². The molecule has 3 nitrogen and oxygen atoms in total. The first kappa shape index (κ1) is 11.1. The fraction of sp³-hybridized carbons (Fsp3) is 0.714. The zero-order valence-electron chi connectivity index (χ0n) is 10.5. The van der Waals surface area contributed by atoms with Crippen molar-refractivity contribution in [3.05, 3.63) is 24.3 Å². The summed E-state index contributed by atoms with van der Waals surface area (Å²) < 4.78 is 0. The first-order valence-corrected chi connectivity index (χ1v) is 6.80. The highest BCUT2D eigenvalue weighted by molar-refractivity contribution is 5.02. The summed E-state index contributed by atoms with van der Waals surface area (Å²) in [5.74, 6) is 2.93. The zero-order chi connectivity index (χ0) is 11.7. The van der Waals surface area contributed by atoms with E-state index in [4.69, 9.17) is 0 Å². The van der Waals surface area contributed by atoms with Crippen LogP contribution in [0.4, 0.5) is 0 Å². The van der Waals surface area contributed by atoms with Gasteiger partial charge >= 0.3 is 0 Å². The van der Waals surface area contributed by atoms with Crippen LogP contribution < -0.4 is 5.32 Å². The molecule has 3 heteroatoms. The standard InChI is InChI=1S/C14H21N3/c1-10(14-5-11-2-3-13(14)4-11)17-8-12-6-15-9-16-7-12/h6-7,9-11,13-14,17H,2-5,8H2,1H3. The molecule has 1 aromatic heterocycles. The van der Waals surface area contributed by atoms with Crippen molar-refractivity contribution in [1.29, 1.82) is 0 Å². The molecule has 0 saturated heterocycles. The Morgan fingerprint density at radius 2 is 2.12 bits per heavy atom. The van der Waals surface area contributed by atoms with Gasteiger partial charge in [-0.2, -0.15) is 0 Å². The minimum Gasteiger partial charge on any atom is -0.310 e. The number of hydrogen-bond donors (Lipinski definition) is 1. The van der Waals surface area contributed by atoms with E-state index in [-0.39, 0.29) is 0 Å². The summed E-state index contributed by atoms with van der Waals surface area (Å²) >= 11 is 0. The number of nitrogens with one attached hydrogen (secondary N) is 1. The third-order valence-electron chi connectivity index (χ3n) is 4.68. The van der Waals surface area contributed by atoms with Crippen LogP contribution in [0.3, 0.4) is 0 Å². The predicted molar refractivity (Wildman–Crippen MR) is 67.3 cm³/mol. The number of rotatable bonds is 4. The molecule has 0 amide bonds. The quantitative estimate of drug-likeness (QED) is 0.864. The Labute approximate surface area is 103 Å². The van der Waals surface area contributed by atoms with Crippen molar-refractivity contribution in [3.63, 3.8) is 0 Å². The second-order valence-electron chi connectivity index (χ2n) is 5.76. The first-order chi connectivity index (χ1) is 8.33. The molecule has 0 aromatic carbocycles. The van der Waals surface area contributed by atoms with Gasteiger partial charge in [-0.25, -0.2) is 9.97 Å². The average molecular weight is 231 g/mol. The van der Waals surface area contributed by atoms with E-state index in [2.05, 4.69) is 22.2 Å². The monoisotopic (exact) mass is 231 g/mol. The summed E-state index contributed by atoms with van der Waals surface area (Å²) in [4.78, 5) is 8.09. The van der Waals surface area contributed by atoms with E-state index in [0.29, 0.717) is 6.04 Å². The van der Waals surface area contributed by atoms with Crippen LogP contribution in [0.25, 0.3) is 0 Å². The van der Waals surface area contributed by atoms with Crippen molar-refractivity contribution in [2.45, 2.75) is 45.2 Å². The van der Waals surface area contributed by atoms with Crippen LogP contribution in [0.1, 0.15) is 38.2 Å². The second-order valence-corrected chi connectivity index (χ2v) is 5.76. The Bertz CT molecular complexity index is 365. The van der Waals surface area contributed by atoms with Gasteiger partial charge in [0.1, 0.15) is 6.33 Å². The Hall–Kier alpha value is -0.960. The van der Waals surface area contributed by atoms with Gasteiger partial charge in [0.2, 0.25) is 0 Å². The maximum atomic E-state index is 4.05. The molecule has 4 atom stereocenters. The van der Waals surface area contributed by atoms with E-state index in [9.17, 15) is 0 Å². The summed E-state index contributed by atoms with van der Waals surface area (Å²) in [5, 5.41) is 3.65. The van der Waals surface area contributed by atoms with E-state index < -0.39 is 0 Å².